The van der Waals surface area contributed by atoms with Gasteiger partial charge in [-0.25, -0.2) is 0 Å². The fraction of sp³-hybridized carbons (Fsp3) is 0.500. The lowest BCUT2D eigenvalue weighted by atomic mass is 9.96. The number of carbonyl (C=O) groups excluding carboxylic acids is 1. The zero-order valence-corrected chi connectivity index (χ0v) is 6.76. The summed E-state index contributed by atoms with van der Waals surface area (Å²) in [4.78, 5) is 11.0. The maximum absolute atomic E-state index is 11.0. The zero-order chi connectivity index (χ0) is 8.91. The number of ether oxygens (including phenoxy) is 1. The molecule has 3 nitrogen and oxygen atoms in total. The molecule has 3 heteroatoms. The number of rotatable bonds is 3. The Bertz CT molecular complexity index is 201. The molecule has 0 unspecified atom stereocenters. The number of nitrogens with zero attached hydrogens (tertiary/aromatic N) is 1. The third-order valence-electron chi connectivity index (χ3n) is 1.12. The molecule has 0 bridgehead atoms. The van der Waals surface area contributed by atoms with E-state index in [4.69, 9.17) is 5.26 Å². The molecule has 0 spiro atoms. The number of nitriles is 1. The summed E-state index contributed by atoms with van der Waals surface area (Å²) in [6.45, 7) is 6.56. The first-order valence-corrected chi connectivity index (χ1v) is 3.24. The van der Waals surface area contributed by atoms with Gasteiger partial charge in [0.25, 0.3) is 0 Å². The SMILES string of the molecule is C=CCOC(=O)C(C)(C)C#N. The van der Waals surface area contributed by atoms with Crippen molar-refractivity contribution in [3.63, 3.8) is 0 Å². The summed E-state index contributed by atoms with van der Waals surface area (Å²) in [6.07, 6.45) is 1.46. The van der Waals surface area contributed by atoms with E-state index in [1.54, 1.807) is 0 Å². The molecule has 0 amide bonds. The van der Waals surface area contributed by atoms with Gasteiger partial charge in [0.1, 0.15) is 12.0 Å². The fourth-order valence-electron chi connectivity index (χ4n) is 0.361. The second-order valence-corrected chi connectivity index (χ2v) is 2.62. The van der Waals surface area contributed by atoms with Crippen LogP contribution in [0.3, 0.4) is 0 Å². The molecule has 0 heterocycles. The standard InChI is InChI=1S/C8H11NO2/c1-4-5-11-7(10)8(2,3)6-9/h4H,1,5H2,2-3H3. The molecule has 0 aromatic carbocycles. The maximum atomic E-state index is 11.0. The van der Waals surface area contributed by atoms with Gasteiger partial charge in [0.05, 0.1) is 6.07 Å². The third kappa shape index (κ3) is 2.85. The molecule has 0 rings (SSSR count). The van der Waals surface area contributed by atoms with E-state index in [1.165, 1.54) is 19.9 Å². The molecule has 0 fully saturated rings. The van der Waals surface area contributed by atoms with Crippen molar-refractivity contribution in [2.45, 2.75) is 13.8 Å². The van der Waals surface area contributed by atoms with Crippen LogP contribution in [0, 0.1) is 16.7 Å². The van der Waals surface area contributed by atoms with Crippen LogP contribution in [-0.4, -0.2) is 12.6 Å². The molecule has 60 valence electrons. The Hall–Kier alpha value is -1.30. The Balaban J connectivity index is 4.05. The lowest BCUT2D eigenvalue weighted by Crippen LogP contribution is -2.24. The van der Waals surface area contributed by atoms with Gasteiger partial charge in [-0.05, 0) is 13.8 Å². The van der Waals surface area contributed by atoms with Crippen molar-refractivity contribution in [3.05, 3.63) is 12.7 Å². The van der Waals surface area contributed by atoms with Crippen LogP contribution in [0.4, 0.5) is 0 Å². The summed E-state index contributed by atoms with van der Waals surface area (Å²) in [5.74, 6) is -0.514. The zero-order valence-electron chi connectivity index (χ0n) is 6.76. The van der Waals surface area contributed by atoms with Gasteiger partial charge < -0.3 is 4.74 Å². The molecule has 0 aromatic heterocycles. The fourth-order valence-corrected chi connectivity index (χ4v) is 0.361. The summed E-state index contributed by atoms with van der Waals surface area (Å²) in [5, 5.41) is 8.49. The van der Waals surface area contributed by atoms with Crippen molar-refractivity contribution >= 4 is 5.97 Å². The van der Waals surface area contributed by atoms with E-state index in [-0.39, 0.29) is 6.61 Å². The van der Waals surface area contributed by atoms with Crippen molar-refractivity contribution in [1.29, 1.82) is 5.26 Å². The molecule has 0 saturated heterocycles. The van der Waals surface area contributed by atoms with Crippen molar-refractivity contribution in [1.82, 2.24) is 0 Å². The minimum absolute atomic E-state index is 0.157. The van der Waals surface area contributed by atoms with Gasteiger partial charge in [-0.3, -0.25) is 4.79 Å². The van der Waals surface area contributed by atoms with Crippen LogP contribution in [-0.2, 0) is 9.53 Å². The van der Waals surface area contributed by atoms with Gasteiger partial charge in [0.15, 0.2) is 0 Å². The molecule has 0 radical (unpaired) electrons. The average molecular weight is 153 g/mol. The van der Waals surface area contributed by atoms with Crippen LogP contribution >= 0.6 is 0 Å². The van der Waals surface area contributed by atoms with E-state index in [2.05, 4.69) is 11.3 Å². The molecule has 0 saturated carbocycles. The molecular formula is C8H11NO2. The Morgan fingerprint density at radius 2 is 2.36 bits per heavy atom. The van der Waals surface area contributed by atoms with Crippen LogP contribution in [0.2, 0.25) is 0 Å². The molecule has 0 aliphatic heterocycles. The van der Waals surface area contributed by atoms with Crippen LogP contribution in [0.5, 0.6) is 0 Å². The van der Waals surface area contributed by atoms with Crippen LogP contribution in [0.1, 0.15) is 13.8 Å². The lowest BCUT2D eigenvalue weighted by Gasteiger charge is -2.12. The smallest absolute Gasteiger partial charge is 0.326 e. The number of esters is 1. The number of hydrogen-bond acceptors (Lipinski definition) is 3. The first-order valence-electron chi connectivity index (χ1n) is 3.24. The molecule has 11 heavy (non-hydrogen) atoms. The van der Waals surface area contributed by atoms with Gasteiger partial charge >= 0.3 is 5.97 Å². The number of carbonyl (C=O) groups is 1. The molecule has 0 atom stereocenters. The molecule has 0 aromatic rings. The highest BCUT2D eigenvalue weighted by atomic mass is 16.5. The van der Waals surface area contributed by atoms with Gasteiger partial charge in [0.2, 0.25) is 0 Å². The monoisotopic (exact) mass is 153 g/mol. The van der Waals surface area contributed by atoms with Gasteiger partial charge in [-0.15, -0.1) is 0 Å². The first-order chi connectivity index (χ1) is 5.04. The first kappa shape index (κ1) is 9.70. The normalized spacial score (nSPS) is 9.91. The Kier molecular flexibility index (Phi) is 3.32. The highest BCUT2D eigenvalue weighted by Crippen LogP contribution is 2.14. The van der Waals surface area contributed by atoms with Crippen LogP contribution < -0.4 is 0 Å². The maximum Gasteiger partial charge on any atom is 0.326 e. The van der Waals surface area contributed by atoms with Gasteiger partial charge in [-0.1, -0.05) is 12.7 Å². The van der Waals surface area contributed by atoms with Crippen molar-refractivity contribution in [3.8, 4) is 6.07 Å². The quantitative estimate of drug-likeness (QED) is 0.453. The predicted octanol–water partition coefficient (Wildman–Crippen LogP) is 1.27. The molecule has 0 N–H and O–H groups in total. The van der Waals surface area contributed by atoms with E-state index in [1.807, 2.05) is 6.07 Å². The third-order valence-corrected chi connectivity index (χ3v) is 1.12. The second-order valence-electron chi connectivity index (χ2n) is 2.62. The number of hydrogen-bond donors (Lipinski definition) is 0. The van der Waals surface area contributed by atoms with E-state index in [0.29, 0.717) is 0 Å². The van der Waals surface area contributed by atoms with E-state index in [0.717, 1.165) is 0 Å². The molecular weight excluding hydrogens is 142 g/mol. The summed E-state index contributed by atoms with van der Waals surface area (Å²) < 4.78 is 4.67. The topological polar surface area (TPSA) is 50.1 Å². The van der Waals surface area contributed by atoms with Crippen LogP contribution in [0.15, 0.2) is 12.7 Å². The highest BCUT2D eigenvalue weighted by molar-refractivity contribution is 5.78. The van der Waals surface area contributed by atoms with Gasteiger partial charge in [0, 0.05) is 0 Å². The van der Waals surface area contributed by atoms with Gasteiger partial charge in [-0.2, -0.15) is 5.26 Å². The minimum Gasteiger partial charge on any atom is -0.460 e. The summed E-state index contributed by atoms with van der Waals surface area (Å²) in [7, 11) is 0. The Labute approximate surface area is 66.3 Å². The van der Waals surface area contributed by atoms with Crippen LogP contribution in [0.25, 0.3) is 0 Å². The van der Waals surface area contributed by atoms with E-state index < -0.39 is 11.4 Å². The summed E-state index contributed by atoms with van der Waals surface area (Å²) in [6, 6.07) is 1.84. The molecule has 0 aliphatic rings. The largest absolute Gasteiger partial charge is 0.460 e. The average Bonchev–Trinajstić information content (AvgIpc) is 2.00. The second kappa shape index (κ2) is 3.77. The van der Waals surface area contributed by atoms with Crippen molar-refractivity contribution in [2.75, 3.05) is 6.61 Å². The highest BCUT2D eigenvalue weighted by Gasteiger charge is 2.28. The van der Waals surface area contributed by atoms with E-state index in [9.17, 15) is 4.79 Å². The van der Waals surface area contributed by atoms with E-state index >= 15 is 0 Å². The summed E-state index contributed by atoms with van der Waals surface area (Å²) in [5.41, 5.74) is -1.05. The molecule has 0 aliphatic carbocycles. The van der Waals surface area contributed by atoms with Crippen molar-refractivity contribution < 1.29 is 9.53 Å². The minimum atomic E-state index is -1.05. The lowest BCUT2D eigenvalue weighted by molar-refractivity contribution is -0.149. The van der Waals surface area contributed by atoms with Crippen molar-refractivity contribution in [2.24, 2.45) is 5.41 Å². The predicted molar refractivity (Wildman–Crippen MR) is 40.6 cm³/mol. The Morgan fingerprint density at radius 1 is 1.82 bits per heavy atom. The Morgan fingerprint density at radius 3 is 2.73 bits per heavy atom. The summed E-state index contributed by atoms with van der Waals surface area (Å²) >= 11 is 0.